The largest absolute Gasteiger partial charge is 0.490 e. The molecule has 0 radical (unpaired) electrons. The van der Waals surface area contributed by atoms with Crippen molar-refractivity contribution in [2.45, 2.75) is 32.1 Å². The molecule has 1 saturated carbocycles. The molecule has 7 nitrogen and oxygen atoms in total. The topological polar surface area (TPSA) is 78.3 Å². The van der Waals surface area contributed by atoms with Crippen LogP contribution in [0.3, 0.4) is 0 Å². The zero-order valence-electron chi connectivity index (χ0n) is 16.0. The van der Waals surface area contributed by atoms with Gasteiger partial charge in [-0.3, -0.25) is 9.48 Å². The first-order valence-electron chi connectivity index (χ1n) is 9.65. The number of rotatable bonds is 3. The molecule has 3 heterocycles. The van der Waals surface area contributed by atoms with E-state index in [2.05, 4.69) is 10.4 Å². The van der Waals surface area contributed by atoms with Gasteiger partial charge in [-0.15, -0.1) is 0 Å². The third kappa shape index (κ3) is 2.96. The van der Waals surface area contributed by atoms with E-state index < -0.39 is 0 Å². The summed E-state index contributed by atoms with van der Waals surface area (Å²) in [5, 5.41) is 8.28. The number of nitrogens with zero attached hydrogens (tertiary/aromatic N) is 3. The standard InChI is InChI=1S/C21H22N4O3/c1-12-19-15(11-16(13-4-5-13)23-20(19)25(2)24-12)21(26)22-14-6-7-17-18(10-14)28-9-3-8-27-17/h6-7,10-11,13H,3-5,8-9H2,1-2H3,(H,22,26). The van der Waals surface area contributed by atoms with Crippen molar-refractivity contribution in [1.82, 2.24) is 14.8 Å². The van der Waals surface area contributed by atoms with Gasteiger partial charge >= 0.3 is 0 Å². The number of hydrogen-bond acceptors (Lipinski definition) is 5. The quantitative estimate of drug-likeness (QED) is 0.754. The van der Waals surface area contributed by atoms with Gasteiger partial charge in [0.15, 0.2) is 17.1 Å². The van der Waals surface area contributed by atoms with Crippen molar-refractivity contribution in [1.29, 1.82) is 0 Å². The van der Waals surface area contributed by atoms with E-state index in [1.165, 1.54) is 0 Å². The minimum Gasteiger partial charge on any atom is -0.490 e. The third-order valence-corrected chi connectivity index (χ3v) is 5.23. The van der Waals surface area contributed by atoms with Gasteiger partial charge in [0.25, 0.3) is 5.91 Å². The van der Waals surface area contributed by atoms with E-state index in [9.17, 15) is 4.79 Å². The van der Waals surface area contributed by atoms with E-state index in [1.807, 2.05) is 38.2 Å². The minimum atomic E-state index is -0.167. The van der Waals surface area contributed by atoms with E-state index in [0.717, 1.165) is 41.7 Å². The van der Waals surface area contributed by atoms with Crippen LogP contribution in [0, 0.1) is 6.92 Å². The van der Waals surface area contributed by atoms with Crippen LogP contribution in [0.1, 0.15) is 46.9 Å². The Morgan fingerprint density at radius 3 is 2.75 bits per heavy atom. The molecule has 2 aromatic heterocycles. The van der Waals surface area contributed by atoms with Gasteiger partial charge in [0.05, 0.1) is 29.9 Å². The molecule has 144 valence electrons. The van der Waals surface area contributed by atoms with Crippen LogP contribution < -0.4 is 14.8 Å². The number of carbonyl (C=O) groups excluding carboxylic acids is 1. The van der Waals surface area contributed by atoms with Crippen molar-refractivity contribution >= 4 is 22.6 Å². The minimum absolute atomic E-state index is 0.167. The molecule has 1 aliphatic heterocycles. The molecule has 1 aromatic carbocycles. The van der Waals surface area contributed by atoms with Crippen LogP contribution in [0.25, 0.3) is 11.0 Å². The maximum Gasteiger partial charge on any atom is 0.256 e. The lowest BCUT2D eigenvalue weighted by atomic mass is 10.1. The fourth-order valence-electron chi connectivity index (χ4n) is 3.67. The molecule has 7 heteroatoms. The Balaban J connectivity index is 1.51. The van der Waals surface area contributed by atoms with Gasteiger partial charge in [0, 0.05) is 36.8 Å². The Kier molecular flexibility index (Phi) is 3.96. The lowest BCUT2D eigenvalue weighted by molar-refractivity contribution is 0.102. The van der Waals surface area contributed by atoms with Crippen LogP contribution in [-0.4, -0.2) is 33.9 Å². The summed E-state index contributed by atoms with van der Waals surface area (Å²) in [7, 11) is 1.87. The molecule has 1 amide bonds. The van der Waals surface area contributed by atoms with E-state index >= 15 is 0 Å². The number of carbonyl (C=O) groups is 1. The molecule has 0 saturated heterocycles. The second-order valence-electron chi connectivity index (χ2n) is 7.44. The van der Waals surface area contributed by atoms with Gasteiger partial charge in [-0.2, -0.15) is 5.10 Å². The van der Waals surface area contributed by atoms with Crippen molar-refractivity contribution in [2.24, 2.45) is 7.05 Å². The van der Waals surface area contributed by atoms with Crippen LogP contribution in [0.4, 0.5) is 5.69 Å². The van der Waals surface area contributed by atoms with Crippen molar-refractivity contribution in [2.75, 3.05) is 18.5 Å². The maximum absolute atomic E-state index is 13.2. The second-order valence-corrected chi connectivity index (χ2v) is 7.44. The molecule has 5 rings (SSSR count). The van der Waals surface area contributed by atoms with Gasteiger partial charge in [0.2, 0.25) is 0 Å². The van der Waals surface area contributed by atoms with E-state index in [4.69, 9.17) is 14.5 Å². The van der Waals surface area contributed by atoms with E-state index in [0.29, 0.717) is 41.9 Å². The Hall–Kier alpha value is -3.09. The third-order valence-electron chi connectivity index (χ3n) is 5.23. The number of anilines is 1. The first-order chi connectivity index (χ1) is 13.6. The van der Waals surface area contributed by atoms with Crippen LogP contribution >= 0.6 is 0 Å². The first-order valence-corrected chi connectivity index (χ1v) is 9.65. The number of ether oxygens (including phenoxy) is 2. The predicted molar refractivity (Wildman–Crippen MR) is 105 cm³/mol. The summed E-state index contributed by atoms with van der Waals surface area (Å²) in [5.41, 5.74) is 3.82. The summed E-state index contributed by atoms with van der Waals surface area (Å²) >= 11 is 0. The van der Waals surface area contributed by atoms with Crippen molar-refractivity contribution in [3.05, 3.63) is 41.2 Å². The molecule has 3 aromatic rings. The van der Waals surface area contributed by atoms with Gasteiger partial charge in [-0.1, -0.05) is 0 Å². The molecule has 2 aliphatic rings. The van der Waals surface area contributed by atoms with Gasteiger partial charge in [-0.25, -0.2) is 4.98 Å². The Morgan fingerprint density at radius 1 is 1.18 bits per heavy atom. The SMILES string of the molecule is Cc1nn(C)c2nc(C3CC3)cc(C(=O)Nc3ccc4c(c3)OCCCO4)c12. The smallest absolute Gasteiger partial charge is 0.256 e. The Morgan fingerprint density at radius 2 is 1.96 bits per heavy atom. The Bertz CT molecular complexity index is 1080. The number of benzene rings is 1. The Labute approximate surface area is 162 Å². The molecular formula is C21H22N4O3. The first kappa shape index (κ1) is 17.0. The fraction of sp³-hybridized carbons (Fsp3) is 0.381. The molecule has 0 bridgehead atoms. The molecule has 1 fully saturated rings. The van der Waals surface area contributed by atoms with Crippen LogP contribution in [0.5, 0.6) is 11.5 Å². The number of pyridine rings is 1. The predicted octanol–water partition coefficient (Wildman–Crippen LogP) is 3.57. The average molecular weight is 378 g/mol. The number of aryl methyl sites for hydroxylation is 2. The zero-order chi connectivity index (χ0) is 19.3. The summed E-state index contributed by atoms with van der Waals surface area (Å²) < 4.78 is 13.1. The summed E-state index contributed by atoms with van der Waals surface area (Å²) in [6, 6.07) is 7.41. The van der Waals surface area contributed by atoms with Gasteiger partial charge in [-0.05, 0) is 38.0 Å². The highest BCUT2D eigenvalue weighted by atomic mass is 16.5. The molecule has 0 unspecified atom stereocenters. The number of hydrogen-bond donors (Lipinski definition) is 1. The molecule has 0 atom stereocenters. The fourth-order valence-corrected chi connectivity index (χ4v) is 3.67. The van der Waals surface area contributed by atoms with Crippen LogP contribution in [0.15, 0.2) is 24.3 Å². The maximum atomic E-state index is 13.2. The zero-order valence-corrected chi connectivity index (χ0v) is 16.0. The highest BCUT2D eigenvalue weighted by Gasteiger charge is 2.28. The molecule has 1 aliphatic carbocycles. The van der Waals surface area contributed by atoms with Crippen molar-refractivity contribution in [3.63, 3.8) is 0 Å². The van der Waals surface area contributed by atoms with Gasteiger partial charge in [0.1, 0.15) is 0 Å². The highest BCUT2D eigenvalue weighted by molar-refractivity contribution is 6.12. The monoisotopic (exact) mass is 378 g/mol. The van der Waals surface area contributed by atoms with Crippen molar-refractivity contribution in [3.8, 4) is 11.5 Å². The molecule has 1 N–H and O–H groups in total. The number of aromatic nitrogens is 3. The number of fused-ring (bicyclic) bond motifs is 2. The highest BCUT2D eigenvalue weighted by Crippen LogP contribution is 2.40. The lowest BCUT2D eigenvalue weighted by Gasteiger charge is -2.12. The van der Waals surface area contributed by atoms with Crippen molar-refractivity contribution < 1.29 is 14.3 Å². The summed E-state index contributed by atoms with van der Waals surface area (Å²) in [6.45, 7) is 3.15. The van der Waals surface area contributed by atoms with Crippen LogP contribution in [-0.2, 0) is 7.05 Å². The lowest BCUT2D eigenvalue weighted by Crippen LogP contribution is -2.14. The summed E-state index contributed by atoms with van der Waals surface area (Å²) in [6.07, 6.45) is 3.09. The second kappa shape index (κ2) is 6.51. The van der Waals surface area contributed by atoms with Gasteiger partial charge < -0.3 is 14.8 Å². The van der Waals surface area contributed by atoms with Crippen LogP contribution in [0.2, 0.25) is 0 Å². The number of amides is 1. The average Bonchev–Trinajstić information content (AvgIpc) is 3.50. The molecule has 0 spiro atoms. The molecule has 28 heavy (non-hydrogen) atoms. The molecular weight excluding hydrogens is 356 g/mol. The summed E-state index contributed by atoms with van der Waals surface area (Å²) in [5.74, 6) is 1.65. The van der Waals surface area contributed by atoms with E-state index in [-0.39, 0.29) is 5.91 Å². The normalized spacial score (nSPS) is 16.1. The summed E-state index contributed by atoms with van der Waals surface area (Å²) in [4.78, 5) is 17.9. The number of nitrogens with one attached hydrogen (secondary N) is 1. The van der Waals surface area contributed by atoms with E-state index in [1.54, 1.807) is 4.68 Å².